The Bertz CT molecular complexity index is 544. The molecule has 0 aliphatic rings. The molecule has 24 heavy (non-hydrogen) atoms. The van der Waals surface area contributed by atoms with Crippen molar-refractivity contribution in [3.8, 4) is 23.0 Å². The van der Waals surface area contributed by atoms with Crippen LogP contribution >= 0.6 is 0 Å². The second-order valence-corrected chi connectivity index (χ2v) is 5.57. The van der Waals surface area contributed by atoms with Crippen molar-refractivity contribution in [2.24, 2.45) is 0 Å². The van der Waals surface area contributed by atoms with E-state index in [4.69, 9.17) is 9.47 Å². The minimum atomic E-state index is -0.657. The zero-order chi connectivity index (χ0) is 17.4. The van der Waals surface area contributed by atoms with Gasteiger partial charge in [0.25, 0.3) is 0 Å². The molecule has 6 heteroatoms. The summed E-state index contributed by atoms with van der Waals surface area (Å²) in [5.41, 5.74) is 0. The van der Waals surface area contributed by atoms with E-state index in [9.17, 15) is 15.3 Å². The average molecular weight is 333 g/mol. The number of rotatable bonds is 9. The number of phenols is 2. The topological polar surface area (TPSA) is 91.2 Å². The van der Waals surface area contributed by atoms with Gasteiger partial charge in [-0.1, -0.05) is 0 Å². The third-order valence-corrected chi connectivity index (χ3v) is 3.32. The first-order valence-electron chi connectivity index (χ1n) is 7.78. The van der Waals surface area contributed by atoms with E-state index in [0.29, 0.717) is 24.7 Å². The van der Waals surface area contributed by atoms with E-state index in [1.54, 1.807) is 36.4 Å². The number of benzene rings is 2. The second-order valence-electron chi connectivity index (χ2n) is 5.57. The normalized spacial score (nSPS) is 13.2. The molecule has 0 spiro atoms. The van der Waals surface area contributed by atoms with Crippen LogP contribution < -0.4 is 14.8 Å². The van der Waals surface area contributed by atoms with Gasteiger partial charge in [-0.05, 0) is 55.5 Å². The summed E-state index contributed by atoms with van der Waals surface area (Å²) in [6.07, 6.45) is -0.657. The van der Waals surface area contributed by atoms with Crippen LogP contribution in [-0.4, -0.2) is 47.2 Å². The van der Waals surface area contributed by atoms with E-state index >= 15 is 0 Å². The molecule has 0 radical (unpaired) electrons. The van der Waals surface area contributed by atoms with Crippen LogP contribution in [0.15, 0.2) is 48.5 Å². The molecule has 2 aromatic carbocycles. The minimum absolute atomic E-state index is 0.0436. The highest BCUT2D eigenvalue weighted by Crippen LogP contribution is 2.16. The van der Waals surface area contributed by atoms with Gasteiger partial charge in [-0.2, -0.15) is 0 Å². The van der Waals surface area contributed by atoms with E-state index in [1.165, 1.54) is 12.1 Å². The Labute approximate surface area is 141 Å². The SMILES string of the molecule is CC(COc1ccc(O)cc1)NCC(O)COc1ccc(O)cc1. The monoisotopic (exact) mass is 333 g/mol. The fourth-order valence-electron chi connectivity index (χ4n) is 1.95. The highest BCUT2D eigenvalue weighted by molar-refractivity contribution is 5.30. The lowest BCUT2D eigenvalue weighted by Crippen LogP contribution is -2.39. The van der Waals surface area contributed by atoms with Crippen LogP contribution in [0.4, 0.5) is 0 Å². The maximum absolute atomic E-state index is 9.92. The van der Waals surface area contributed by atoms with Crippen LogP contribution in [0.1, 0.15) is 6.92 Å². The lowest BCUT2D eigenvalue weighted by atomic mass is 10.3. The lowest BCUT2D eigenvalue weighted by molar-refractivity contribution is 0.101. The number of phenolic OH excluding ortho intramolecular Hbond substituents is 2. The van der Waals surface area contributed by atoms with Crippen LogP contribution in [0.25, 0.3) is 0 Å². The van der Waals surface area contributed by atoms with Gasteiger partial charge < -0.3 is 30.1 Å². The molecule has 2 aromatic rings. The first-order valence-corrected chi connectivity index (χ1v) is 7.78. The molecule has 6 nitrogen and oxygen atoms in total. The van der Waals surface area contributed by atoms with E-state index in [2.05, 4.69) is 5.32 Å². The predicted octanol–water partition coefficient (Wildman–Crippen LogP) is 1.89. The van der Waals surface area contributed by atoms with Gasteiger partial charge in [0.05, 0.1) is 0 Å². The minimum Gasteiger partial charge on any atom is -0.508 e. The molecule has 2 rings (SSSR count). The summed E-state index contributed by atoms with van der Waals surface area (Å²) in [6, 6.07) is 12.9. The fraction of sp³-hybridized carbons (Fsp3) is 0.333. The van der Waals surface area contributed by atoms with Gasteiger partial charge in [0, 0.05) is 12.6 Å². The quantitative estimate of drug-likeness (QED) is 0.560. The van der Waals surface area contributed by atoms with Crippen LogP contribution in [-0.2, 0) is 0 Å². The van der Waals surface area contributed by atoms with Gasteiger partial charge in [0.1, 0.15) is 42.3 Å². The number of aliphatic hydroxyl groups excluding tert-OH is 1. The summed E-state index contributed by atoms with van der Waals surface area (Å²) in [5, 5.41) is 31.5. The molecule has 0 amide bonds. The molecule has 4 N–H and O–H groups in total. The Morgan fingerprint density at radius 2 is 1.29 bits per heavy atom. The van der Waals surface area contributed by atoms with Crippen molar-refractivity contribution in [1.29, 1.82) is 0 Å². The summed E-state index contributed by atoms with van der Waals surface area (Å²) < 4.78 is 11.0. The van der Waals surface area contributed by atoms with Crippen molar-refractivity contribution >= 4 is 0 Å². The molecule has 130 valence electrons. The van der Waals surface area contributed by atoms with Crippen LogP contribution in [0.5, 0.6) is 23.0 Å². The molecule has 0 heterocycles. The molecule has 0 fully saturated rings. The van der Waals surface area contributed by atoms with Gasteiger partial charge in [-0.15, -0.1) is 0 Å². The first kappa shape index (κ1) is 17.9. The molecule has 0 saturated carbocycles. The number of hydrogen-bond acceptors (Lipinski definition) is 6. The van der Waals surface area contributed by atoms with E-state index < -0.39 is 6.10 Å². The summed E-state index contributed by atoms with van der Waals surface area (Å²) in [7, 11) is 0. The van der Waals surface area contributed by atoms with Gasteiger partial charge in [-0.3, -0.25) is 0 Å². The third kappa shape index (κ3) is 6.36. The van der Waals surface area contributed by atoms with E-state index in [-0.39, 0.29) is 24.1 Å². The van der Waals surface area contributed by atoms with Crippen molar-refractivity contribution in [3.05, 3.63) is 48.5 Å². The molecule has 2 atom stereocenters. The highest BCUT2D eigenvalue weighted by Gasteiger charge is 2.09. The maximum Gasteiger partial charge on any atom is 0.119 e. The zero-order valence-electron chi connectivity index (χ0n) is 13.6. The molecule has 0 saturated heterocycles. The Hall–Kier alpha value is -2.44. The Morgan fingerprint density at radius 1 is 0.833 bits per heavy atom. The van der Waals surface area contributed by atoms with Crippen LogP contribution in [0.2, 0.25) is 0 Å². The highest BCUT2D eigenvalue weighted by atomic mass is 16.5. The van der Waals surface area contributed by atoms with Crippen molar-refractivity contribution in [1.82, 2.24) is 5.32 Å². The lowest BCUT2D eigenvalue weighted by Gasteiger charge is -2.18. The molecular weight excluding hydrogens is 310 g/mol. The second kappa shape index (κ2) is 9.00. The van der Waals surface area contributed by atoms with Crippen molar-refractivity contribution in [2.45, 2.75) is 19.1 Å². The molecule has 0 aliphatic carbocycles. The summed E-state index contributed by atoms with van der Waals surface area (Å²) in [5.74, 6) is 1.64. The molecule has 2 unspecified atom stereocenters. The number of aliphatic hydroxyl groups is 1. The maximum atomic E-state index is 9.92. The van der Waals surface area contributed by atoms with E-state index in [0.717, 1.165) is 0 Å². The van der Waals surface area contributed by atoms with Crippen molar-refractivity contribution < 1.29 is 24.8 Å². The number of nitrogens with one attached hydrogen (secondary N) is 1. The molecule has 0 aliphatic heterocycles. The van der Waals surface area contributed by atoms with Crippen LogP contribution in [0, 0.1) is 0 Å². The van der Waals surface area contributed by atoms with Crippen molar-refractivity contribution in [2.75, 3.05) is 19.8 Å². The fourth-order valence-corrected chi connectivity index (χ4v) is 1.95. The van der Waals surface area contributed by atoms with Gasteiger partial charge >= 0.3 is 0 Å². The van der Waals surface area contributed by atoms with Gasteiger partial charge in [-0.25, -0.2) is 0 Å². The zero-order valence-corrected chi connectivity index (χ0v) is 13.6. The van der Waals surface area contributed by atoms with Gasteiger partial charge in [0.2, 0.25) is 0 Å². The summed E-state index contributed by atoms with van der Waals surface area (Å²) in [4.78, 5) is 0. The first-order chi connectivity index (χ1) is 11.5. The van der Waals surface area contributed by atoms with E-state index in [1.807, 2.05) is 6.92 Å². The largest absolute Gasteiger partial charge is 0.508 e. The molecule has 0 bridgehead atoms. The molecule has 0 aromatic heterocycles. The number of aromatic hydroxyl groups is 2. The summed E-state index contributed by atoms with van der Waals surface area (Å²) in [6.45, 7) is 2.92. The van der Waals surface area contributed by atoms with Crippen LogP contribution in [0.3, 0.4) is 0 Å². The number of ether oxygens (including phenoxy) is 2. The Balaban J connectivity index is 1.62. The summed E-state index contributed by atoms with van der Waals surface area (Å²) >= 11 is 0. The predicted molar refractivity (Wildman–Crippen MR) is 90.7 cm³/mol. The third-order valence-electron chi connectivity index (χ3n) is 3.32. The Morgan fingerprint density at radius 3 is 1.79 bits per heavy atom. The number of hydrogen-bond donors (Lipinski definition) is 4. The standard InChI is InChI=1S/C18H23NO5/c1-13(11-23-17-6-2-14(20)3-7-17)19-10-16(22)12-24-18-8-4-15(21)5-9-18/h2-9,13,16,19-22H,10-12H2,1H3. The van der Waals surface area contributed by atoms with Crippen molar-refractivity contribution in [3.63, 3.8) is 0 Å². The smallest absolute Gasteiger partial charge is 0.119 e. The Kier molecular flexibility index (Phi) is 6.72. The van der Waals surface area contributed by atoms with Gasteiger partial charge in [0.15, 0.2) is 0 Å². The molecular formula is C18H23NO5. The average Bonchev–Trinajstić information content (AvgIpc) is 2.59.